The highest BCUT2D eigenvalue weighted by Crippen LogP contribution is 2.32. The molecule has 38 heavy (non-hydrogen) atoms. The van der Waals surface area contributed by atoms with Crippen LogP contribution in [0.25, 0.3) is 10.4 Å². The summed E-state index contributed by atoms with van der Waals surface area (Å²) in [4.78, 5) is 26.6. The predicted molar refractivity (Wildman–Crippen MR) is 147 cm³/mol. The van der Waals surface area contributed by atoms with Gasteiger partial charge in [0.25, 0.3) is 0 Å². The Hall–Kier alpha value is -2.65. The van der Waals surface area contributed by atoms with E-state index in [4.69, 9.17) is 9.47 Å². The molecule has 3 rings (SSSR count). The van der Waals surface area contributed by atoms with Crippen LogP contribution < -0.4 is 4.74 Å². The minimum absolute atomic E-state index is 0.0117. The molecular weight excluding hydrogens is 581 g/mol. The van der Waals surface area contributed by atoms with Gasteiger partial charge in [-0.2, -0.15) is 13.2 Å². The van der Waals surface area contributed by atoms with E-state index < -0.39 is 30.3 Å². The third-order valence-electron chi connectivity index (χ3n) is 5.47. The number of esters is 1. The summed E-state index contributed by atoms with van der Waals surface area (Å²) >= 11 is 4.82. The lowest BCUT2D eigenvalue weighted by Gasteiger charge is -2.24. The fourth-order valence-corrected chi connectivity index (χ4v) is 5.16. The third kappa shape index (κ3) is 8.98. The SMILES string of the molecule is CCC(Oc1ccc(CCC(=O)c2ccc(-c3ccc(CC(F)(F)F)cc3)s2)cc1Br)C(=O)OC(C)(C)C. The van der Waals surface area contributed by atoms with Gasteiger partial charge in [0.05, 0.1) is 15.8 Å². The normalized spacial score (nSPS) is 12.7. The third-order valence-corrected chi connectivity index (χ3v) is 7.27. The molecule has 0 saturated heterocycles. The van der Waals surface area contributed by atoms with Gasteiger partial charge in [-0.05, 0) is 90.5 Å². The van der Waals surface area contributed by atoms with Gasteiger partial charge in [-0.3, -0.25) is 4.79 Å². The summed E-state index contributed by atoms with van der Waals surface area (Å²) in [5.41, 5.74) is 1.30. The summed E-state index contributed by atoms with van der Waals surface area (Å²) in [7, 11) is 0. The topological polar surface area (TPSA) is 52.6 Å². The van der Waals surface area contributed by atoms with Gasteiger partial charge < -0.3 is 9.47 Å². The van der Waals surface area contributed by atoms with E-state index in [0.717, 1.165) is 16.0 Å². The maximum absolute atomic E-state index is 12.8. The zero-order valence-electron chi connectivity index (χ0n) is 21.7. The van der Waals surface area contributed by atoms with Crippen LogP contribution in [0.3, 0.4) is 0 Å². The van der Waals surface area contributed by atoms with Crippen LogP contribution in [0.2, 0.25) is 0 Å². The Labute approximate surface area is 233 Å². The first kappa shape index (κ1) is 29.9. The molecule has 0 aliphatic rings. The number of thiophene rings is 1. The molecule has 0 aliphatic heterocycles. The van der Waals surface area contributed by atoms with Crippen molar-refractivity contribution in [2.75, 3.05) is 0 Å². The van der Waals surface area contributed by atoms with Gasteiger partial charge in [-0.25, -0.2) is 4.79 Å². The zero-order chi connectivity index (χ0) is 28.1. The first-order valence-corrected chi connectivity index (χ1v) is 13.8. The quantitative estimate of drug-likeness (QED) is 0.170. The van der Waals surface area contributed by atoms with E-state index in [2.05, 4.69) is 15.9 Å². The molecule has 0 fully saturated rings. The van der Waals surface area contributed by atoms with Gasteiger partial charge in [0.15, 0.2) is 11.9 Å². The van der Waals surface area contributed by atoms with Crippen LogP contribution in [0.4, 0.5) is 13.2 Å². The van der Waals surface area contributed by atoms with Crippen molar-refractivity contribution in [1.29, 1.82) is 0 Å². The second-order valence-corrected chi connectivity index (χ2v) is 11.8. The summed E-state index contributed by atoms with van der Waals surface area (Å²) in [6.45, 7) is 7.26. The van der Waals surface area contributed by atoms with Crippen LogP contribution in [-0.4, -0.2) is 29.6 Å². The number of Topliss-reactive ketones (excluding diaryl/α,β-unsaturated/α-hetero) is 1. The van der Waals surface area contributed by atoms with Gasteiger partial charge in [0.1, 0.15) is 11.4 Å². The average Bonchev–Trinajstić information content (AvgIpc) is 3.30. The lowest BCUT2D eigenvalue weighted by atomic mass is 10.1. The number of ketones is 1. The lowest BCUT2D eigenvalue weighted by Crippen LogP contribution is -2.35. The molecular formula is C29H30BrF3O4S. The van der Waals surface area contributed by atoms with Crippen molar-refractivity contribution >= 4 is 39.0 Å². The molecule has 0 bridgehead atoms. The Morgan fingerprint density at radius 1 is 0.974 bits per heavy atom. The molecule has 1 heterocycles. The number of rotatable bonds is 10. The second-order valence-electron chi connectivity index (χ2n) is 9.89. The van der Waals surface area contributed by atoms with Gasteiger partial charge in [-0.1, -0.05) is 37.3 Å². The molecule has 9 heteroatoms. The van der Waals surface area contributed by atoms with E-state index >= 15 is 0 Å². The number of hydrogen-bond acceptors (Lipinski definition) is 5. The highest BCUT2D eigenvalue weighted by atomic mass is 79.9. The minimum atomic E-state index is -4.25. The van der Waals surface area contributed by atoms with Crippen molar-refractivity contribution < 1.29 is 32.2 Å². The molecule has 0 radical (unpaired) electrons. The van der Waals surface area contributed by atoms with E-state index in [1.165, 1.54) is 23.5 Å². The van der Waals surface area contributed by atoms with Crippen LogP contribution in [0.15, 0.2) is 59.1 Å². The summed E-state index contributed by atoms with van der Waals surface area (Å²) < 4.78 is 49.7. The van der Waals surface area contributed by atoms with Gasteiger partial charge in [-0.15, -0.1) is 11.3 Å². The summed E-state index contributed by atoms with van der Waals surface area (Å²) in [6.07, 6.45) is -4.67. The second kappa shape index (κ2) is 12.5. The molecule has 2 aromatic carbocycles. The number of benzene rings is 2. The van der Waals surface area contributed by atoms with Crippen molar-refractivity contribution in [3.63, 3.8) is 0 Å². The highest BCUT2D eigenvalue weighted by Gasteiger charge is 2.28. The molecule has 4 nitrogen and oxygen atoms in total. The highest BCUT2D eigenvalue weighted by molar-refractivity contribution is 9.10. The van der Waals surface area contributed by atoms with Crippen molar-refractivity contribution in [3.05, 3.63) is 75.1 Å². The number of halogens is 4. The largest absolute Gasteiger partial charge is 0.478 e. The van der Waals surface area contributed by atoms with E-state index in [1.807, 2.05) is 25.1 Å². The molecule has 204 valence electrons. The molecule has 0 spiro atoms. The van der Waals surface area contributed by atoms with Crippen LogP contribution in [0.5, 0.6) is 5.75 Å². The number of ether oxygens (including phenoxy) is 2. The fourth-order valence-electron chi connectivity index (χ4n) is 3.66. The summed E-state index contributed by atoms with van der Waals surface area (Å²) in [5.74, 6) is 0.0819. The average molecular weight is 612 g/mol. The first-order valence-electron chi connectivity index (χ1n) is 12.2. The van der Waals surface area contributed by atoms with Crippen LogP contribution >= 0.6 is 27.3 Å². The van der Waals surface area contributed by atoms with Crippen LogP contribution in [-0.2, 0) is 22.4 Å². The molecule has 0 N–H and O–H groups in total. The molecule has 3 aromatic rings. The van der Waals surface area contributed by atoms with Gasteiger partial charge >= 0.3 is 12.1 Å². The fraction of sp³-hybridized carbons (Fsp3) is 0.379. The zero-order valence-corrected chi connectivity index (χ0v) is 24.1. The van der Waals surface area contributed by atoms with E-state index in [0.29, 0.717) is 34.4 Å². The van der Waals surface area contributed by atoms with E-state index in [-0.39, 0.29) is 11.3 Å². The van der Waals surface area contributed by atoms with Crippen molar-refractivity contribution in [3.8, 4) is 16.2 Å². The van der Waals surface area contributed by atoms with Crippen molar-refractivity contribution in [2.45, 2.75) is 71.3 Å². The Morgan fingerprint density at radius 2 is 1.63 bits per heavy atom. The lowest BCUT2D eigenvalue weighted by molar-refractivity contribution is -0.163. The van der Waals surface area contributed by atoms with Crippen molar-refractivity contribution in [2.24, 2.45) is 0 Å². The smallest absolute Gasteiger partial charge is 0.393 e. The number of hydrogen-bond donors (Lipinski definition) is 0. The van der Waals surface area contributed by atoms with Gasteiger partial charge in [0.2, 0.25) is 0 Å². The molecule has 0 aliphatic carbocycles. The summed E-state index contributed by atoms with van der Waals surface area (Å²) in [6, 6.07) is 15.3. The number of carbonyl (C=O) groups excluding carboxylic acids is 2. The maximum Gasteiger partial charge on any atom is 0.393 e. The van der Waals surface area contributed by atoms with Crippen LogP contribution in [0.1, 0.15) is 61.3 Å². The van der Waals surface area contributed by atoms with Crippen LogP contribution in [0, 0.1) is 0 Å². The maximum atomic E-state index is 12.8. The Morgan fingerprint density at radius 3 is 2.21 bits per heavy atom. The van der Waals surface area contributed by atoms with E-state index in [9.17, 15) is 22.8 Å². The molecule has 1 aromatic heterocycles. The Bertz CT molecular complexity index is 1260. The number of alkyl halides is 3. The van der Waals surface area contributed by atoms with E-state index in [1.54, 1.807) is 45.0 Å². The number of aryl methyl sites for hydroxylation is 1. The molecule has 1 atom stereocenters. The first-order chi connectivity index (χ1) is 17.7. The molecule has 0 saturated carbocycles. The van der Waals surface area contributed by atoms with Crippen molar-refractivity contribution in [1.82, 2.24) is 0 Å². The monoisotopic (exact) mass is 610 g/mol. The van der Waals surface area contributed by atoms with Gasteiger partial charge in [0, 0.05) is 11.3 Å². The summed E-state index contributed by atoms with van der Waals surface area (Å²) in [5, 5.41) is 0. The minimum Gasteiger partial charge on any atom is -0.478 e. The standard InChI is InChI=1S/C29H30BrF3O4S/c1-5-23(27(35)37-28(2,3)4)36-24-13-9-18(16-21(24)30)8-12-22(34)26-15-14-25(38-26)20-10-6-19(7-11-20)17-29(31,32)33/h6-7,9-11,13-16,23H,5,8,12,17H2,1-4H3. The Kier molecular flexibility index (Phi) is 9.81. The Balaban J connectivity index is 1.58. The molecule has 0 amide bonds. The predicted octanol–water partition coefficient (Wildman–Crippen LogP) is 8.60. The molecule has 1 unspecified atom stereocenters. The number of carbonyl (C=O) groups is 2.